The van der Waals surface area contributed by atoms with E-state index < -0.39 is 21.7 Å². The van der Waals surface area contributed by atoms with Gasteiger partial charge in [-0.15, -0.1) is 0 Å². The van der Waals surface area contributed by atoms with Crippen LogP contribution in [0.1, 0.15) is 23.0 Å². The van der Waals surface area contributed by atoms with Gasteiger partial charge in [0.15, 0.2) is 14.6 Å². The number of aromatic nitrogens is 3. The van der Waals surface area contributed by atoms with Gasteiger partial charge >= 0.3 is 5.97 Å². The van der Waals surface area contributed by atoms with Crippen molar-refractivity contribution in [3.8, 4) is 5.69 Å². The summed E-state index contributed by atoms with van der Waals surface area (Å²) < 4.78 is 32.8. The highest BCUT2D eigenvalue weighted by Gasteiger charge is 2.18. The van der Waals surface area contributed by atoms with Gasteiger partial charge in [0.1, 0.15) is 6.54 Å². The molecular formula is C23H22N4O5S2. The van der Waals surface area contributed by atoms with Gasteiger partial charge < -0.3 is 9.30 Å². The lowest BCUT2D eigenvalue weighted by molar-refractivity contribution is -0.143. The van der Waals surface area contributed by atoms with Crippen LogP contribution in [0, 0.1) is 6.92 Å². The summed E-state index contributed by atoms with van der Waals surface area (Å²) in [5, 5.41) is 4.32. The molecule has 2 aromatic heterocycles. The number of carbonyl (C=O) groups is 2. The minimum atomic E-state index is -3.43. The van der Waals surface area contributed by atoms with Crippen molar-refractivity contribution in [3.05, 3.63) is 70.8 Å². The second kappa shape index (κ2) is 9.35. The van der Waals surface area contributed by atoms with Crippen LogP contribution in [-0.4, -0.2) is 47.5 Å². The Kier molecular flexibility index (Phi) is 6.49. The maximum absolute atomic E-state index is 13.1. The van der Waals surface area contributed by atoms with Crippen molar-refractivity contribution in [2.75, 3.05) is 12.9 Å². The van der Waals surface area contributed by atoms with Crippen LogP contribution in [0.25, 0.3) is 15.9 Å². The van der Waals surface area contributed by atoms with Gasteiger partial charge in [-0.2, -0.15) is 10.1 Å². The molecule has 0 aliphatic rings. The van der Waals surface area contributed by atoms with Gasteiger partial charge in [-0.25, -0.2) is 13.1 Å². The van der Waals surface area contributed by atoms with E-state index in [2.05, 4.69) is 10.1 Å². The van der Waals surface area contributed by atoms with E-state index in [0.29, 0.717) is 21.5 Å². The van der Waals surface area contributed by atoms with E-state index in [1.807, 2.05) is 30.3 Å². The molecule has 4 rings (SSSR count). The maximum atomic E-state index is 13.1. The van der Waals surface area contributed by atoms with Crippen molar-refractivity contribution in [2.45, 2.75) is 25.3 Å². The Morgan fingerprint density at radius 3 is 2.56 bits per heavy atom. The Labute approximate surface area is 199 Å². The molecule has 11 heteroatoms. The van der Waals surface area contributed by atoms with E-state index in [1.54, 1.807) is 29.2 Å². The van der Waals surface area contributed by atoms with Crippen molar-refractivity contribution < 1.29 is 22.7 Å². The second-order valence-corrected chi connectivity index (χ2v) is 10.5. The lowest BCUT2D eigenvalue weighted by Gasteiger charge is -2.06. The highest BCUT2D eigenvalue weighted by atomic mass is 32.2. The van der Waals surface area contributed by atoms with Crippen LogP contribution in [-0.2, 0) is 25.9 Å². The summed E-state index contributed by atoms with van der Waals surface area (Å²) in [5.41, 5.74) is 2.33. The first-order chi connectivity index (χ1) is 16.2. The normalized spacial score (nSPS) is 12.3. The molecule has 0 radical (unpaired) electrons. The molecular weight excluding hydrogens is 476 g/mol. The number of rotatable bonds is 6. The average Bonchev–Trinajstić information content (AvgIpc) is 3.34. The molecule has 4 aromatic rings. The number of hydrogen-bond acceptors (Lipinski definition) is 7. The Morgan fingerprint density at radius 2 is 1.88 bits per heavy atom. The van der Waals surface area contributed by atoms with Crippen LogP contribution in [0.5, 0.6) is 0 Å². The number of amides is 1. The fourth-order valence-electron chi connectivity index (χ4n) is 3.45. The Morgan fingerprint density at radius 1 is 1.15 bits per heavy atom. The van der Waals surface area contributed by atoms with Crippen LogP contribution >= 0.6 is 11.3 Å². The number of carbonyl (C=O) groups excluding carboxylic acids is 2. The van der Waals surface area contributed by atoms with Crippen molar-refractivity contribution in [2.24, 2.45) is 4.99 Å². The van der Waals surface area contributed by atoms with Crippen molar-refractivity contribution in [1.82, 2.24) is 14.3 Å². The SMILES string of the molecule is CCOC(=O)Cn1c(=NC(=O)c2cnn(-c3ccccc3)c2C)sc2cc(S(C)(=O)=O)ccc21. The summed E-state index contributed by atoms with van der Waals surface area (Å²) in [4.78, 5) is 30.0. The van der Waals surface area contributed by atoms with Crippen molar-refractivity contribution in [3.63, 3.8) is 0 Å². The first-order valence-electron chi connectivity index (χ1n) is 10.4. The minimum Gasteiger partial charge on any atom is -0.465 e. The largest absolute Gasteiger partial charge is 0.465 e. The van der Waals surface area contributed by atoms with Gasteiger partial charge in [0, 0.05) is 6.26 Å². The van der Waals surface area contributed by atoms with Crippen molar-refractivity contribution >= 4 is 43.3 Å². The third-order valence-electron chi connectivity index (χ3n) is 5.11. The van der Waals surface area contributed by atoms with E-state index in [9.17, 15) is 18.0 Å². The quantitative estimate of drug-likeness (QED) is 0.378. The van der Waals surface area contributed by atoms with E-state index in [0.717, 1.165) is 23.3 Å². The molecule has 0 saturated heterocycles. The molecule has 0 bridgehead atoms. The molecule has 0 spiro atoms. The van der Waals surface area contributed by atoms with E-state index in [1.165, 1.54) is 18.3 Å². The fourth-order valence-corrected chi connectivity index (χ4v) is 5.24. The number of sulfone groups is 1. The van der Waals surface area contributed by atoms with Gasteiger partial charge in [0.25, 0.3) is 5.91 Å². The predicted octanol–water partition coefficient (Wildman–Crippen LogP) is 2.90. The van der Waals surface area contributed by atoms with Gasteiger partial charge in [0.2, 0.25) is 0 Å². The highest BCUT2D eigenvalue weighted by Crippen LogP contribution is 2.22. The summed E-state index contributed by atoms with van der Waals surface area (Å²) in [6.07, 6.45) is 2.58. The molecule has 0 saturated carbocycles. The van der Waals surface area contributed by atoms with Gasteiger partial charge in [0.05, 0.1) is 44.9 Å². The molecule has 0 atom stereocenters. The first-order valence-corrected chi connectivity index (χ1v) is 13.1. The zero-order valence-electron chi connectivity index (χ0n) is 18.8. The fraction of sp³-hybridized carbons (Fsp3) is 0.217. The molecule has 1 amide bonds. The first kappa shape index (κ1) is 23.6. The van der Waals surface area contributed by atoms with Crippen LogP contribution in [0.4, 0.5) is 0 Å². The molecule has 0 N–H and O–H groups in total. The number of ether oxygens (including phenoxy) is 1. The zero-order valence-corrected chi connectivity index (χ0v) is 20.4. The average molecular weight is 499 g/mol. The standard InChI is InChI=1S/C23H22N4O5S2/c1-4-32-21(28)14-26-19-11-10-17(34(3,30)31)12-20(19)33-23(26)25-22(29)18-13-24-27(15(18)2)16-8-6-5-7-9-16/h5-13H,4,14H2,1-3H3. The minimum absolute atomic E-state index is 0.141. The number of nitrogens with zero attached hydrogens (tertiary/aromatic N) is 4. The van der Waals surface area contributed by atoms with Crippen LogP contribution in [0.3, 0.4) is 0 Å². The molecule has 2 aromatic carbocycles. The zero-order chi connectivity index (χ0) is 24.5. The molecule has 176 valence electrons. The molecule has 0 aliphatic heterocycles. The van der Waals surface area contributed by atoms with E-state index in [4.69, 9.17) is 4.74 Å². The van der Waals surface area contributed by atoms with Gasteiger partial charge in [-0.1, -0.05) is 29.5 Å². The third-order valence-corrected chi connectivity index (χ3v) is 7.26. The van der Waals surface area contributed by atoms with Gasteiger partial charge in [-0.3, -0.25) is 9.59 Å². The lowest BCUT2D eigenvalue weighted by atomic mass is 10.2. The molecule has 0 aliphatic carbocycles. The summed E-state index contributed by atoms with van der Waals surface area (Å²) in [7, 11) is -3.43. The Hall–Kier alpha value is -3.57. The Balaban J connectivity index is 1.82. The predicted molar refractivity (Wildman–Crippen MR) is 128 cm³/mol. The number of para-hydroxylation sites is 1. The smallest absolute Gasteiger partial charge is 0.326 e. The number of esters is 1. The van der Waals surface area contributed by atoms with Crippen LogP contribution < -0.4 is 4.80 Å². The van der Waals surface area contributed by atoms with Crippen molar-refractivity contribution in [1.29, 1.82) is 0 Å². The summed E-state index contributed by atoms with van der Waals surface area (Å²) in [5.74, 6) is -1.01. The second-order valence-electron chi connectivity index (χ2n) is 7.49. The molecule has 0 fully saturated rings. The lowest BCUT2D eigenvalue weighted by Crippen LogP contribution is -2.23. The molecule has 0 unspecified atom stereocenters. The van der Waals surface area contributed by atoms with Crippen LogP contribution in [0.2, 0.25) is 0 Å². The monoisotopic (exact) mass is 498 g/mol. The summed E-state index contributed by atoms with van der Waals surface area (Å²) in [6, 6.07) is 14.0. The number of hydrogen-bond donors (Lipinski definition) is 0. The van der Waals surface area contributed by atoms with Crippen LogP contribution in [0.15, 0.2) is 64.6 Å². The number of fused-ring (bicyclic) bond motifs is 1. The Bertz CT molecular complexity index is 1560. The topological polar surface area (TPSA) is 113 Å². The maximum Gasteiger partial charge on any atom is 0.326 e. The number of thiazole rings is 1. The van der Waals surface area contributed by atoms with Gasteiger partial charge in [-0.05, 0) is 44.2 Å². The molecule has 2 heterocycles. The molecule has 9 nitrogen and oxygen atoms in total. The summed E-state index contributed by atoms with van der Waals surface area (Å²) in [6.45, 7) is 3.52. The number of benzene rings is 2. The van der Waals surface area contributed by atoms with E-state index in [-0.39, 0.29) is 22.8 Å². The van der Waals surface area contributed by atoms with E-state index >= 15 is 0 Å². The molecule has 34 heavy (non-hydrogen) atoms. The highest BCUT2D eigenvalue weighted by molar-refractivity contribution is 7.90. The third kappa shape index (κ3) is 4.70. The summed E-state index contributed by atoms with van der Waals surface area (Å²) >= 11 is 1.12.